The summed E-state index contributed by atoms with van der Waals surface area (Å²) in [4.78, 5) is 11.9. The molecule has 1 aliphatic heterocycles. The van der Waals surface area contributed by atoms with Crippen LogP contribution in [0.4, 0.5) is 0 Å². The van der Waals surface area contributed by atoms with Crippen LogP contribution in [0, 0.1) is 0 Å². The second kappa shape index (κ2) is 4.07. The Labute approximate surface area is 106 Å². The fraction of sp³-hybridized carbons (Fsp3) is 0.417. The summed E-state index contributed by atoms with van der Waals surface area (Å²) in [6.07, 6.45) is 0. The summed E-state index contributed by atoms with van der Waals surface area (Å²) in [6.45, 7) is 2.33. The van der Waals surface area contributed by atoms with Crippen LogP contribution in [0.25, 0.3) is 0 Å². The Morgan fingerprint density at radius 2 is 1.83 bits per heavy atom. The molecule has 1 amide bonds. The molecule has 18 heavy (non-hydrogen) atoms. The van der Waals surface area contributed by atoms with Crippen molar-refractivity contribution in [2.24, 2.45) is 0 Å². The molecule has 1 aromatic carbocycles. The van der Waals surface area contributed by atoms with E-state index in [1.54, 1.807) is 30.3 Å². The first-order valence-electron chi connectivity index (χ1n) is 5.58. The molecule has 2 rings (SSSR count). The van der Waals surface area contributed by atoms with Gasteiger partial charge in [-0.05, 0) is 19.4 Å². The minimum absolute atomic E-state index is 0.426. The van der Waals surface area contributed by atoms with Crippen LogP contribution in [0.2, 0.25) is 0 Å². The lowest BCUT2D eigenvalue weighted by molar-refractivity contribution is -0.134. The van der Waals surface area contributed by atoms with Gasteiger partial charge in [0.1, 0.15) is 0 Å². The molecule has 1 unspecified atom stereocenters. The van der Waals surface area contributed by atoms with E-state index in [1.165, 1.54) is 13.8 Å². The van der Waals surface area contributed by atoms with Crippen molar-refractivity contribution in [2.75, 3.05) is 6.61 Å². The molecule has 0 radical (unpaired) electrons. The van der Waals surface area contributed by atoms with Gasteiger partial charge in [-0.25, -0.2) is 12.7 Å². The van der Waals surface area contributed by atoms with Crippen molar-refractivity contribution < 1.29 is 18.3 Å². The number of aliphatic hydroxyl groups is 1. The number of rotatable bonds is 3. The van der Waals surface area contributed by atoms with Crippen LogP contribution >= 0.6 is 0 Å². The molecule has 1 aliphatic rings. The van der Waals surface area contributed by atoms with E-state index in [9.17, 15) is 18.3 Å². The van der Waals surface area contributed by atoms with E-state index in [1.807, 2.05) is 0 Å². The van der Waals surface area contributed by atoms with Crippen LogP contribution in [0.3, 0.4) is 0 Å². The molecule has 1 heterocycles. The summed E-state index contributed by atoms with van der Waals surface area (Å²) < 4.78 is 23.5. The van der Waals surface area contributed by atoms with E-state index in [2.05, 4.69) is 0 Å². The van der Waals surface area contributed by atoms with Gasteiger partial charge in [-0.2, -0.15) is 0 Å². The Bertz CT molecular complexity index is 565. The molecule has 5 nitrogen and oxygen atoms in total. The highest BCUT2D eigenvalue weighted by atomic mass is 32.2. The summed E-state index contributed by atoms with van der Waals surface area (Å²) in [5.41, 5.74) is 0.604. The Kier molecular flexibility index (Phi) is 2.95. The smallest absolute Gasteiger partial charge is 0.259 e. The third kappa shape index (κ3) is 1.56. The van der Waals surface area contributed by atoms with Crippen LogP contribution in [-0.2, 0) is 14.8 Å². The molecule has 1 aromatic rings. The molecule has 1 atom stereocenters. The van der Waals surface area contributed by atoms with Crippen molar-refractivity contribution in [3.63, 3.8) is 0 Å². The summed E-state index contributed by atoms with van der Waals surface area (Å²) >= 11 is 0. The fourth-order valence-electron chi connectivity index (χ4n) is 1.99. The highest BCUT2D eigenvalue weighted by Gasteiger charge is 2.62. The van der Waals surface area contributed by atoms with E-state index >= 15 is 0 Å². The molecule has 1 fully saturated rings. The van der Waals surface area contributed by atoms with Crippen molar-refractivity contribution in [2.45, 2.75) is 24.6 Å². The number of sulfonamides is 1. The number of carbonyl (C=O) groups excluding carboxylic acids is 1. The standard InChI is InChI=1S/C12H15NO4S/c1-12(2)11(15)13(18(12,16)17)10(8-14)9-6-4-3-5-7-9/h3-7,10,14H,8H2,1-2H3. The number of benzene rings is 1. The van der Waals surface area contributed by atoms with E-state index in [0.717, 1.165) is 4.31 Å². The van der Waals surface area contributed by atoms with E-state index < -0.39 is 33.3 Å². The zero-order valence-electron chi connectivity index (χ0n) is 10.2. The summed E-state index contributed by atoms with van der Waals surface area (Å²) in [5.74, 6) is -0.481. The van der Waals surface area contributed by atoms with Crippen LogP contribution < -0.4 is 0 Å². The van der Waals surface area contributed by atoms with Crippen LogP contribution in [-0.4, -0.2) is 35.1 Å². The minimum Gasteiger partial charge on any atom is -0.394 e. The third-order valence-corrected chi connectivity index (χ3v) is 5.66. The molecule has 6 heteroatoms. The van der Waals surface area contributed by atoms with E-state index in [4.69, 9.17) is 0 Å². The number of carbonyl (C=O) groups is 1. The average molecular weight is 269 g/mol. The lowest BCUT2D eigenvalue weighted by Crippen LogP contribution is -2.68. The minimum atomic E-state index is -3.69. The Balaban J connectivity index is 2.41. The second-order valence-corrected chi connectivity index (χ2v) is 7.09. The van der Waals surface area contributed by atoms with Crippen molar-refractivity contribution in [1.29, 1.82) is 0 Å². The van der Waals surface area contributed by atoms with Crippen LogP contribution in [0.15, 0.2) is 30.3 Å². The second-order valence-electron chi connectivity index (χ2n) is 4.73. The third-order valence-electron chi connectivity index (χ3n) is 3.26. The molecule has 98 valence electrons. The molecular formula is C12H15NO4S. The van der Waals surface area contributed by atoms with Gasteiger partial charge in [-0.15, -0.1) is 0 Å². The predicted octanol–water partition coefficient (Wildman–Crippen LogP) is 0.671. The van der Waals surface area contributed by atoms with Crippen molar-refractivity contribution in [1.82, 2.24) is 4.31 Å². The summed E-state index contributed by atoms with van der Waals surface area (Å²) in [7, 11) is -3.69. The Hall–Kier alpha value is -1.40. The Morgan fingerprint density at radius 1 is 1.28 bits per heavy atom. The van der Waals surface area contributed by atoms with Crippen molar-refractivity contribution in [3.8, 4) is 0 Å². The maximum atomic E-state index is 12.0. The maximum absolute atomic E-state index is 12.0. The zero-order valence-corrected chi connectivity index (χ0v) is 11.0. The number of aliphatic hydroxyl groups excluding tert-OH is 1. The van der Waals surface area contributed by atoms with Gasteiger partial charge in [0.15, 0.2) is 4.75 Å². The van der Waals surface area contributed by atoms with E-state index in [-0.39, 0.29) is 0 Å². The SMILES string of the molecule is CC1(C)C(=O)N(C(CO)c2ccccc2)S1(=O)=O. The van der Waals surface area contributed by atoms with Gasteiger partial charge in [0.25, 0.3) is 15.9 Å². The van der Waals surface area contributed by atoms with Gasteiger partial charge in [-0.3, -0.25) is 4.79 Å². The quantitative estimate of drug-likeness (QED) is 0.875. The van der Waals surface area contributed by atoms with Crippen LogP contribution in [0.5, 0.6) is 0 Å². The molecule has 1 N–H and O–H groups in total. The van der Waals surface area contributed by atoms with Gasteiger partial charge in [-0.1, -0.05) is 30.3 Å². The fourth-order valence-corrected chi connectivity index (χ4v) is 3.64. The van der Waals surface area contributed by atoms with Gasteiger partial charge in [0, 0.05) is 0 Å². The topological polar surface area (TPSA) is 74.7 Å². The molecule has 0 saturated carbocycles. The van der Waals surface area contributed by atoms with Crippen molar-refractivity contribution >= 4 is 15.9 Å². The number of nitrogens with zero attached hydrogens (tertiary/aromatic N) is 1. The molecule has 0 bridgehead atoms. The monoisotopic (exact) mass is 269 g/mol. The van der Waals surface area contributed by atoms with Gasteiger partial charge in [0.2, 0.25) is 0 Å². The summed E-state index contributed by atoms with van der Waals surface area (Å²) in [6, 6.07) is 7.80. The average Bonchev–Trinajstić information content (AvgIpc) is 2.35. The molecule has 0 spiro atoms. The Morgan fingerprint density at radius 3 is 2.28 bits per heavy atom. The largest absolute Gasteiger partial charge is 0.394 e. The number of amides is 1. The van der Waals surface area contributed by atoms with Gasteiger partial charge >= 0.3 is 0 Å². The lowest BCUT2D eigenvalue weighted by atomic mass is 10.1. The first kappa shape index (κ1) is 13.0. The van der Waals surface area contributed by atoms with Crippen molar-refractivity contribution in [3.05, 3.63) is 35.9 Å². The number of hydrogen-bond donors (Lipinski definition) is 1. The molecular weight excluding hydrogens is 254 g/mol. The molecule has 1 saturated heterocycles. The van der Waals surface area contributed by atoms with Gasteiger partial charge in [0.05, 0.1) is 12.6 Å². The molecule has 0 aliphatic carbocycles. The zero-order chi connectivity index (χ0) is 13.6. The first-order chi connectivity index (χ1) is 8.34. The number of hydrogen-bond acceptors (Lipinski definition) is 4. The predicted molar refractivity (Wildman–Crippen MR) is 66.1 cm³/mol. The maximum Gasteiger partial charge on any atom is 0.259 e. The normalized spacial score (nSPS) is 22.4. The summed E-state index contributed by atoms with van der Waals surface area (Å²) in [5, 5.41) is 9.38. The lowest BCUT2D eigenvalue weighted by Gasteiger charge is -2.46. The highest BCUT2D eigenvalue weighted by Crippen LogP contribution is 2.41. The van der Waals surface area contributed by atoms with Gasteiger partial charge < -0.3 is 5.11 Å². The first-order valence-corrected chi connectivity index (χ1v) is 7.02. The highest BCUT2D eigenvalue weighted by molar-refractivity contribution is 7.94. The van der Waals surface area contributed by atoms with E-state index in [0.29, 0.717) is 5.56 Å². The van der Waals surface area contributed by atoms with Crippen LogP contribution in [0.1, 0.15) is 25.5 Å². The molecule has 0 aromatic heterocycles.